The maximum absolute atomic E-state index is 11.4. The molecule has 2 atom stereocenters. The maximum atomic E-state index is 11.4. The number of carbonyl (C=O) groups excluding carboxylic acids is 1. The van der Waals surface area contributed by atoms with Gasteiger partial charge in [-0.1, -0.05) is 20.3 Å². The molecule has 0 aromatic carbocycles. The van der Waals surface area contributed by atoms with Gasteiger partial charge in [-0.15, -0.1) is 0 Å². The van der Waals surface area contributed by atoms with E-state index in [1.165, 1.54) is 0 Å². The van der Waals surface area contributed by atoms with Crippen molar-refractivity contribution in [3.63, 3.8) is 0 Å². The lowest BCUT2D eigenvalue weighted by Gasteiger charge is -2.16. The van der Waals surface area contributed by atoms with Gasteiger partial charge in [0.1, 0.15) is 6.04 Å². The molecule has 102 valence electrons. The number of ether oxygens (including phenoxy) is 1. The Kier molecular flexibility index (Phi) is 8.92. The normalized spacial score (nSPS) is 14.7. The first-order valence-corrected chi connectivity index (χ1v) is 5.72. The van der Waals surface area contributed by atoms with Crippen LogP contribution in [0.2, 0.25) is 0 Å². The summed E-state index contributed by atoms with van der Waals surface area (Å²) in [6.07, 6.45) is 1.95. The molecule has 2 unspecified atom stereocenters. The molecule has 0 radical (unpaired) electrons. The zero-order valence-corrected chi connectivity index (χ0v) is 10.3. The molecule has 7 nitrogen and oxygen atoms in total. The van der Waals surface area contributed by atoms with E-state index in [0.29, 0.717) is 12.8 Å². The highest BCUT2D eigenvalue weighted by Gasteiger charge is 2.20. The molecular formula is C10H22N2O5. The molecular weight excluding hydrogens is 228 g/mol. The summed E-state index contributed by atoms with van der Waals surface area (Å²) in [5, 5.41) is 16.1. The van der Waals surface area contributed by atoms with Crippen LogP contribution in [0, 0.1) is 5.92 Å². The Morgan fingerprint density at radius 2 is 1.94 bits per heavy atom. The zero-order valence-electron chi connectivity index (χ0n) is 10.3. The van der Waals surface area contributed by atoms with Crippen molar-refractivity contribution in [3.8, 4) is 0 Å². The highest BCUT2D eigenvalue weighted by Crippen LogP contribution is 2.07. The lowest BCUT2D eigenvalue weighted by atomic mass is 10.0. The number of hydrogen-bond donors (Lipinski definition) is 3. The minimum absolute atomic E-state index is 0.100. The van der Waals surface area contributed by atoms with Gasteiger partial charge in [-0.2, -0.15) is 0 Å². The third-order valence-electron chi connectivity index (χ3n) is 2.52. The average Bonchev–Trinajstić information content (AvgIpc) is 2.30. The van der Waals surface area contributed by atoms with Crippen LogP contribution in [0.5, 0.6) is 0 Å². The molecule has 0 aliphatic rings. The number of nitrogens with two attached hydrogens (primary N) is 1. The van der Waals surface area contributed by atoms with Crippen LogP contribution in [0.4, 0.5) is 0 Å². The standard InChI is InChI=1S/C10H22N2O5/c1-3-8(2)9(11)10(13)16-6-4-5-7-17-12(14)15/h8-9,14-15H,3-7,11H2,1-2H3. The molecule has 0 aromatic rings. The van der Waals surface area contributed by atoms with Crippen molar-refractivity contribution in [2.24, 2.45) is 11.7 Å². The molecule has 0 heterocycles. The van der Waals surface area contributed by atoms with Crippen molar-refractivity contribution in [2.75, 3.05) is 13.2 Å². The molecule has 4 N–H and O–H groups in total. The number of hydrogen-bond acceptors (Lipinski definition) is 7. The third kappa shape index (κ3) is 8.06. The third-order valence-corrected chi connectivity index (χ3v) is 2.52. The monoisotopic (exact) mass is 250 g/mol. The first kappa shape index (κ1) is 16.3. The average molecular weight is 250 g/mol. The van der Waals surface area contributed by atoms with E-state index in [2.05, 4.69) is 4.84 Å². The van der Waals surface area contributed by atoms with E-state index in [1.54, 1.807) is 0 Å². The summed E-state index contributed by atoms with van der Waals surface area (Å²) < 4.78 is 4.98. The molecule has 0 saturated carbocycles. The van der Waals surface area contributed by atoms with Crippen LogP contribution in [0.25, 0.3) is 0 Å². The van der Waals surface area contributed by atoms with Gasteiger partial charge in [0.25, 0.3) is 0 Å². The van der Waals surface area contributed by atoms with E-state index < -0.39 is 12.0 Å². The second-order valence-electron chi connectivity index (χ2n) is 3.87. The zero-order chi connectivity index (χ0) is 13.3. The molecule has 0 aliphatic heterocycles. The van der Waals surface area contributed by atoms with Crippen molar-refractivity contribution in [2.45, 2.75) is 39.2 Å². The fourth-order valence-electron chi connectivity index (χ4n) is 1.11. The van der Waals surface area contributed by atoms with Crippen molar-refractivity contribution >= 4 is 5.97 Å². The predicted molar refractivity (Wildman–Crippen MR) is 59.0 cm³/mol. The van der Waals surface area contributed by atoms with Crippen LogP contribution in [-0.2, 0) is 14.4 Å². The molecule has 0 amide bonds. The molecule has 17 heavy (non-hydrogen) atoms. The fourth-order valence-corrected chi connectivity index (χ4v) is 1.11. The summed E-state index contributed by atoms with van der Waals surface area (Å²) in [5.74, 6) is -0.297. The number of nitrogens with zero attached hydrogens (tertiary/aromatic N) is 1. The summed E-state index contributed by atoms with van der Waals surface area (Å²) in [6, 6.07) is -0.582. The fraction of sp³-hybridized carbons (Fsp3) is 0.900. The van der Waals surface area contributed by atoms with E-state index in [1.807, 2.05) is 13.8 Å². The minimum Gasteiger partial charge on any atom is -0.465 e. The molecule has 0 aromatic heterocycles. The topological polar surface area (TPSA) is 105 Å². The van der Waals surface area contributed by atoms with Gasteiger partial charge in [0.15, 0.2) is 0 Å². The van der Waals surface area contributed by atoms with Gasteiger partial charge in [-0.05, 0) is 18.8 Å². The Balaban J connectivity index is 3.51. The lowest BCUT2D eigenvalue weighted by Crippen LogP contribution is -2.38. The lowest BCUT2D eigenvalue weighted by molar-refractivity contribution is -0.492. The largest absolute Gasteiger partial charge is 0.465 e. The van der Waals surface area contributed by atoms with Crippen molar-refractivity contribution in [1.82, 2.24) is 5.39 Å². The van der Waals surface area contributed by atoms with Crippen LogP contribution in [-0.4, -0.2) is 41.0 Å². The summed E-state index contributed by atoms with van der Waals surface area (Å²) in [4.78, 5) is 15.7. The molecule has 0 aliphatic carbocycles. The van der Waals surface area contributed by atoms with Gasteiger partial charge < -0.3 is 10.5 Å². The van der Waals surface area contributed by atoms with E-state index in [0.717, 1.165) is 6.42 Å². The number of carbonyl (C=O) groups is 1. The summed E-state index contributed by atoms with van der Waals surface area (Å²) >= 11 is 0. The van der Waals surface area contributed by atoms with Gasteiger partial charge in [-0.3, -0.25) is 20.0 Å². The summed E-state index contributed by atoms with van der Waals surface area (Å²) in [5.41, 5.74) is 5.68. The van der Waals surface area contributed by atoms with Gasteiger partial charge in [-0.25, -0.2) is 0 Å². The van der Waals surface area contributed by atoms with Gasteiger partial charge in [0.05, 0.1) is 18.6 Å². The smallest absolute Gasteiger partial charge is 0.323 e. The maximum Gasteiger partial charge on any atom is 0.323 e. The highest BCUT2D eigenvalue weighted by atomic mass is 17.1. The molecule has 7 heteroatoms. The minimum atomic E-state index is -0.582. The quantitative estimate of drug-likeness (QED) is 0.314. The van der Waals surface area contributed by atoms with Crippen LogP contribution in [0.1, 0.15) is 33.1 Å². The first-order valence-electron chi connectivity index (χ1n) is 5.72. The Morgan fingerprint density at radius 1 is 1.35 bits per heavy atom. The number of esters is 1. The first-order chi connectivity index (χ1) is 7.99. The number of rotatable bonds is 9. The number of unbranched alkanes of at least 4 members (excludes halogenated alkanes) is 1. The van der Waals surface area contributed by atoms with Crippen molar-refractivity contribution in [1.29, 1.82) is 0 Å². The Labute approximate surface area is 101 Å². The van der Waals surface area contributed by atoms with Gasteiger partial charge in [0.2, 0.25) is 0 Å². The van der Waals surface area contributed by atoms with E-state index >= 15 is 0 Å². The van der Waals surface area contributed by atoms with Crippen molar-refractivity contribution < 1.29 is 24.8 Å². The SMILES string of the molecule is CCC(C)C(N)C(=O)OCCCCON(O)O. The molecule has 0 saturated heterocycles. The van der Waals surface area contributed by atoms with Crippen LogP contribution < -0.4 is 5.73 Å². The van der Waals surface area contributed by atoms with Gasteiger partial charge >= 0.3 is 5.97 Å². The van der Waals surface area contributed by atoms with Crippen LogP contribution in [0.15, 0.2) is 0 Å². The van der Waals surface area contributed by atoms with E-state index in [4.69, 9.17) is 20.9 Å². The second kappa shape index (κ2) is 9.32. The Hall–Kier alpha value is -0.730. The second-order valence-corrected chi connectivity index (χ2v) is 3.87. The highest BCUT2D eigenvalue weighted by molar-refractivity contribution is 5.75. The van der Waals surface area contributed by atoms with E-state index in [9.17, 15) is 4.79 Å². The molecule has 0 rings (SSSR count). The summed E-state index contributed by atoms with van der Waals surface area (Å²) in [6.45, 7) is 4.26. The van der Waals surface area contributed by atoms with Crippen LogP contribution >= 0.6 is 0 Å². The predicted octanol–water partition coefficient (Wildman–Crippen LogP) is 0.695. The van der Waals surface area contributed by atoms with Crippen molar-refractivity contribution in [3.05, 3.63) is 0 Å². The molecule has 0 bridgehead atoms. The Bertz CT molecular complexity index is 213. The van der Waals surface area contributed by atoms with Crippen LogP contribution in [0.3, 0.4) is 0 Å². The molecule has 0 spiro atoms. The Morgan fingerprint density at radius 3 is 2.47 bits per heavy atom. The molecule has 0 fully saturated rings. The van der Waals surface area contributed by atoms with Gasteiger partial charge in [0, 0.05) is 0 Å². The van der Waals surface area contributed by atoms with E-state index in [-0.39, 0.29) is 24.5 Å². The summed E-state index contributed by atoms with van der Waals surface area (Å²) in [7, 11) is 0.